The first-order valence-electron chi connectivity index (χ1n) is 9.66. The van der Waals surface area contributed by atoms with Gasteiger partial charge in [-0.3, -0.25) is 9.78 Å². The van der Waals surface area contributed by atoms with Crippen molar-refractivity contribution in [1.82, 2.24) is 14.8 Å². The topological polar surface area (TPSA) is 59.8 Å². The van der Waals surface area contributed by atoms with Crippen LogP contribution >= 0.6 is 12.4 Å². The lowest BCUT2D eigenvalue weighted by atomic mass is 10.2. The number of nitrogens with one attached hydrogen (secondary N) is 1. The summed E-state index contributed by atoms with van der Waals surface area (Å²) in [5, 5.41) is 7.81. The van der Waals surface area contributed by atoms with Gasteiger partial charge in [0.05, 0.1) is 17.8 Å². The van der Waals surface area contributed by atoms with Crippen LogP contribution in [0.25, 0.3) is 5.69 Å². The predicted molar refractivity (Wildman–Crippen MR) is 111 cm³/mol. The molecule has 0 atom stereocenters. The number of hydrogen-bond donors (Lipinski definition) is 1. The fraction of sp³-hybridized carbons (Fsp3) is 0.318. The van der Waals surface area contributed by atoms with E-state index in [2.05, 4.69) is 21.0 Å². The molecule has 5 rings (SSSR count). The second-order valence-corrected chi connectivity index (χ2v) is 7.55. The highest BCUT2D eigenvalue weighted by Gasteiger charge is 2.32. The van der Waals surface area contributed by atoms with E-state index in [9.17, 15) is 4.79 Å². The highest BCUT2D eigenvalue weighted by molar-refractivity contribution is 5.92. The summed E-state index contributed by atoms with van der Waals surface area (Å²) in [5.41, 5.74) is 5.20. The molecule has 0 unspecified atom stereocenters. The maximum Gasteiger partial charge on any atom is 0.230 e. The van der Waals surface area contributed by atoms with Gasteiger partial charge in [-0.25, -0.2) is 4.68 Å². The number of amides is 1. The summed E-state index contributed by atoms with van der Waals surface area (Å²) < 4.78 is 2.10. The fourth-order valence-electron chi connectivity index (χ4n) is 3.43. The number of pyridine rings is 1. The predicted octanol–water partition coefficient (Wildman–Crippen LogP) is 4.63. The molecule has 0 radical (unpaired) electrons. The first-order chi connectivity index (χ1) is 13.3. The number of benzene rings is 1. The third-order valence-corrected chi connectivity index (χ3v) is 5.21. The van der Waals surface area contributed by atoms with E-state index >= 15 is 0 Å². The van der Waals surface area contributed by atoms with Crippen LogP contribution in [0.4, 0.5) is 5.69 Å². The van der Waals surface area contributed by atoms with E-state index in [4.69, 9.17) is 5.10 Å². The van der Waals surface area contributed by atoms with Gasteiger partial charge in [-0.05, 0) is 68.1 Å². The van der Waals surface area contributed by atoms with Crippen LogP contribution in [-0.4, -0.2) is 20.7 Å². The summed E-state index contributed by atoms with van der Waals surface area (Å²) in [5.74, 6) is 1.26. The number of nitrogens with zero attached hydrogens (tertiary/aromatic N) is 3. The van der Waals surface area contributed by atoms with Crippen molar-refractivity contribution in [2.45, 2.75) is 43.9 Å². The number of hydrogen-bond acceptors (Lipinski definition) is 3. The van der Waals surface area contributed by atoms with Crippen molar-refractivity contribution in [3.8, 4) is 5.69 Å². The van der Waals surface area contributed by atoms with Crippen LogP contribution in [0.5, 0.6) is 0 Å². The number of rotatable bonds is 6. The van der Waals surface area contributed by atoms with Crippen molar-refractivity contribution >= 4 is 24.0 Å². The van der Waals surface area contributed by atoms with Crippen LogP contribution in [0.1, 0.15) is 54.6 Å². The van der Waals surface area contributed by atoms with E-state index in [0.29, 0.717) is 11.8 Å². The molecule has 3 aromatic rings. The molecule has 28 heavy (non-hydrogen) atoms. The smallest absolute Gasteiger partial charge is 0.230 e. The van der Waals surface area contributed by atoms with Crippen LogP contribution in [-0.2, 0) is 11.2 Å². The molecule has 2 aromatic heterocycles. The largest absolute Gasteiger partial charge is 0.326 e. The van der Waals surface area contributed by atoms with Gasteiger partial charge in [-0.15, -0.1) is 12.4 Å². The van der Waals surface area contributed by atoms with Crippen molar-refractivity contribution in [3.05, 3.63) is 71.8 Å². The van der Waals surface area contributed by atoms with Crippen molar-refractivity contribution in [2.75, 3.05) is 5.32 Å². The maximum atomic E-state index is 12.2. The summed E-state index contributed by atoms with van der Waals surface area (Å²) in [7, 11) is 0. The molecule has 2 heterocycles. The minimum Gasteiger partial charge on any atom is -0.326 e. The quantitative estimate of drug-likeness (QED) is 0.663. The second-order valence-electron chi connectivity index (χ2n) is 7.55. The van der Waals surface area contributed by atoms with Gasteiger partial charge < -0.3 is 5.32 Å². The lowest BCUT2D eigenvalue weighted by molar-refractivity contribution is -0.115. The minimum atomic E-state index is -0.0600. The zero-order valence-corrected chi connectivity index (χ0v) is 16.4. The average molecular weight is 395 g/mol. The number of carbonyl (C=O) groups is 1. The van der Waals surface area contributed by atoms with Crippen molar-refractivity contribution < 1.29 is 4.79 Å². The molecule has 144 valence electrons. The van der Waals surface area contributed by atoms with E-state index in [1.54, 1.807) is 6.20 Å². The number of halogens is 1. The lowest BCUT2D eigenvalue weighted by Gasteiger charge is -2.09. The normalized spacial score (nSPS) is 15.7. The van der Waals surface area contributed by atoms with Gasteiger partial charge in [0.1, 0.15) is 0 Å². The summed E-state index contributed by atoms with van der Waals surface area (Å²) >= 11 is 0. The van der Waals surface area contributed by atoms with E-state index in [1.165, 1.54) is 37.1 Å². The van der Waals surface area contributed by atoms with E-state index in [1.807, 2.05) is 42.5 Å². The second kappa shape index (κ2) is 7.76. The van der Waals surface area contributed by atoms with Crippen molar-refractivity contribution in [3.63, 3.8) is 0 Å². The van der Waals surface area contributed by atoms with Crippen LogP contribution in [0.15, 0.2) is 54.7 Å². The summed E-state index contributed by atoms with van der Waals surface area (Å²) in [6, 6.07) is 15.9. The molecule has 5 nitrogen and oxygen atoms in total. The fourth-order valence-corrected chi connectivity index (χ4v) is 3.43. The van der Waals surface area contributed by atoms with Crippen LogP contribution in [0.2, 0.25) is 0 Å². The maximum absolute atomic E-state index is 12.2. The molecule has 0 bridgehead atoms. The highest BCUT2D eigenvalue weighted by atomic mass is 35.5. The Bertz CT molecular complexity index is 960. The van der Waals surface area contributed by atoms with Gasteiger partial charge in [-0.1, -0.05) is 6.07 Å². The Hall–Kier alpha value is -2.66. The van der Waals surface area contributed by atoms with Crippen LogP contribution < -0.4 is 5.32 Å². The molecular formula is C22H23ClN4O. The Kier molecular flexibility index (Phi) is 5.18. The number of carbonyl (C=O) groups excluding carboxylic acids is 1. The molecular weight excluding hydrogens is 372 g/mol. The molecule has 1 amide bonds. The van der Waals surface area contributed by atoms with Gasteiger partial charge in [0.25, 0.3) is 0 Å². The monoisotopic (exact) mass is 394 g/mol. The van der Waals surface area contributed by atoms with Gasteiger partial charge in [0.2, 0.25) is 5.91 Å². The minimum absolute atomic E-state index is 0. The third kappa shape index (κ3) is 4.09. The average Bonchev–Trinajstić information content (AvgIpc) is 3.62. The highest BCUT2D eigenvalue weighted by Crippen LogP contribution is 2.45. The third-order valence-electron chi connectivity index (χ3n) is 5.21. The number of anilines is 1. The zero-order valence-electron chi connectivity index (χ0n) is 15.5. The Morgan fingerprint density at radius 2 is 1.79 bits per heavy atom. The molecule has 2 aliphatic rings. The van der Waals surface area contributed by atoms with Gasteiger partial charge in [0.15, 0.2) is 0 Å². The van der Waals surface area contributed by atoms with E-state index in [-0.39, 0.29) is 24.7 Å². The molecule has 0 aliphatic heterocycles. The van der Waals surface area contributed by atoms with Crippen LogP contribution in [0.3, 0.4) is 0 Å². The van der Waals surface area contributed by atoms with E-state index in [0.717, 1.165) is 17.1 Å². The zero-order chi connectivity index (χ0) is 18.2. The van der Waals surface area contributed by atoms with E-state index < -0.39 is 0 Å². The molecule has 6 heteroatoms. The van der Waals surface area contributed by atoms with Crippen molar-refractivity contribution in [2.24, 2.45) is 0 Å². The Morgan fingerprint density at radius 3 is 2.43 bits per heavy atom. The Balaban J connectivity index is 0.00000192. The van der Waals surface area contributed by atoms with Crippen molar-refractivity contribution in [1.29, 1.82) is 0 Å². The molecule has 1 N–H and O–H groups in total. The van der Waals surface area contributed by atoms with Gasteiger partial charge >= 0.3 is 0 Å². The molecule has 1 aromatic carbocycles. The summed E-state index contributed by atoms with van der Waals surface area (Å²) in [6.45, 7) is 0. The standard InChI is InChI=1S/C22H22N4O.ClH/c27-22(13-18-3-1-2-12-23-18)24-17-8-10-19(11-9-17)26-21(16-6-7-16)14-20(25-26)15-4-5-15;/h1-3,8-12,14-16H,4-7,13H2,(H,24,27);1H. The molecule has 0 saturated heterocycles. The SMILES string of the molecule is Cl.O=C(Cc1ccccn1)Nc1ccc(-n2nc(C3CC3)cc2C2CC2)cc1. The first-order valence-corrected chi connectivity index (χ1v) is 9.66. The molecule has 2 fully saturated rings. The van der Waals surface area contributed by atoms with Gasteiger partial charge in [-0.2, -0.15) is 5.10 Å². The Labute approximate surface area is 170 Å². The molecule has 2 saturated carbocycles. The van der Waals surface area contributed by atoms with Gasteiger partial charge in [0, 0.05) is 35.1 Å². The Morgan fingerprint density at radius 1 is 1.04 bits per heavy atom. The van der Waals surface area contributed by atoms with Crippen LogP contribution in [0, 0.1) is 0 Å². The number of aromatic nitrogens is 3. The molecule has 0 spiro atoms. The lowest BCUT2D eigenvalue weighted by Crippen LogP contribution is -2.15. The summed E-state index contributed by atoms with van der Waals surface area (Å²) in [4.78, 5) is 16.4. The molecule has 2 aliphatic carbocycles. The first kappa shape index (κ1) is 18.7. The summed E-state index contributed by atoms with van der Waals surface area (Å²) in [6.07, 6.45) is 7.03.